The van der Waals surface area contributed by atoms with Gasteiger partial charge in [-0.2, -0.15) is 0 Å². The third-order valence-electron chi connectivity index (χ3n) is 3.77. The van der Waals surface area contributed by atoms with E-state index in [1.165, 1.54) is 13.1 Å². The van der Waals surface area contributed by atoms with E-state index in [1.807, 2.05) is 13.8 Å². The third-order valence-corrected chi connectivity index (χ3v) is 6.33. The van der Waals surface area contributed by atoms with Crippen LogP contribution in [0.1, 0.15) is 79.4 Å². The number of carbonyl (C=O) groups is 1. The quantitative estimate of drug-likeness (QED) is 0.446. The molecule has 0 aliphatic carbocycles. The van der Waals surface area contributed by atoms with E-state index in [0.717, 1.165) is 0 Å². The molecule has 0 saturated carbocycles. The van der Waals surface area contributed by atoms with Gasteiger partial charge >= 0.3 is 13.6 Å². The van der Waals surface area contributed by atoms with Crippen LogP contribution in [0.15, 0.2) is 6.20 Å². The molecule has 8 nitrogen and oxygen atoms in total. The smallest absolute Gasteiger partial charge is 0.376 e. The van der Waals surface area contributed by atoms with E-state index in [4.69, 9.17) is 23.3 Å². The maximum absolute atomic E-state index is 14.1. The lowest BCUT2D eigenvalue weighted by atomic mass is 10.1. The fourth-order valence-electron chi connectivity index (χ4n) is 2.91. The summed E-state index contributed by atoms with van der Waals surface area (Å²) in [4.78, 5) is 16.4. The molecule has 1 aromatic rings. The highest BCUT2D eigenvalue weighted by Gasteiger charge is 2.48. The molecule has 1 atom stereocenters. The van der Waals surface area contributed by atoms with Crippen molar-refractivity contribution < 1.29 is 32.6 Å². The zero-order chi connectivity index (χ0) is 23.1. The number of rotatable bonds is 5. The summed E-state index contributed by atoms with van der Waals surface area (Å²) in [7, 11) is -4.06. The number of aryl methyl sites for hydroxylation is 1. The Kier molecular flexibility index (Phi) is 6.68. The Morgan fingerprint density at radius 2 is 1.67 bits per heavy atom. The molecule has 9 heteroatoms. The predicted octanol–water partition coefficient (Wildman–Crippen LogP) is 5.32. The zero-order valence-electron chi connectivity index (χ0n) is 19.6. The standard InChI is InChI=1S/C21H34NO7P/c1-13-16-17(25-12-21(9,10)27-16)15(11-22-13)18(26-14(2)23)30(24,28-19(3,4)5)29-20(6,7)8/h11,18H,12H2,1-10H3. The Hall–Kier alpha value is -1.63. The van der Waals surface area contributed by atoms with Crippen molar-refractivity contribution in [3.05, 3.63) is 17.5 Å². The van der Waals surface area contributed by atoms with Gasteiger partial charge < -0.3 is 14.2 Å². The highest BCUT2D eigenvalue weighted by Crippen LogP contribution is 2.67. The summed E-state index contributed by atoms with van der Waals surface area (Å²) in [6.45, 7) is 17.6. The topological polar surface area (TPSA) is 93.2 Å². The van der Waals surface area contributed by atoms with Crippen molar-refractivity contribution in [1.82, 2.24) is 4.98 Å². The molecule has 0 radical (unpaired) electrons. The van der Waals surface area contributed by atoms with Crippen LogP contribution in [0.25, 0.3) is 0 Å². The minimum Gasteiger partial charge on any atom is -0.485 e. The Labute approximate surface area is 179 Å². The van der Waals surface area contributed by atoms with E-state index in [-0.39, 0.29) is 12.2 Å². The van der Waals surface area contributed by atoms with Crippen LogP contribution in [0.3, 0.4) is 0 Å². The van der Waals surface area contributed by atoms with Gasteiger partial charge in [0.2, 0.25) is 5.85 Å². The van der Waals surface area contributed by atoms with Crippen molar-refractivity contribution >= 4 is 13.6 Å². The summed E-state index contributed by atoms with van der Waals surface area (Å²) in [5, 5.41) is 0. The highest BCUT2D eigenvalue weighted by molar-refractivity contribution is 7.54. The lowest BCUT2D eigenvalue weighted by Gasteiger charge is -2.38. The average Bonchev–Trinajstić information content (AvgIpc) is 2.49. The van der Waals surface area contributed by atoms with E-state index < -0.39 is 36.2 Å². The monoisotopic (exact) mass is 443 g/mol. The molecule has 1 aliphatic heterocycles. The molecule has 0 N–H and O–H groups in total. The van der Waals surface area contributed by atoms with Gasteiger partial charge in [0.15, 0.2) is 11.5 Å². The molecule has 0 spiro atoms. The molecule has 0 bridgehead atoms. The molecule has 2 rings (SSSR count). The average molecular weight is 443 g/mol. The molecule has 0 aromatic carbocycles. The number of pyridine rings is 1. The van der Waals surface area contributed by atoms with E-state index >= 15 is 0 Å². The fraction of sp³-hybridized carbons (Fsp3) is 0.714. The number of ether oxygens (including phenoxy) is 3. The van der Waals surface area contributed by atoms with Gasteiger partial charge in [0, 0.05) is 13.1 Å². The summed E-state index contributed by atoms with van der Waals surface area (Å²) in [5.41, 5.74) is -1.36. The first-order valence-corrected chi connectivity index (χ1v) is 11.5. The van der Waals surface area contributed by atoms with Crippen LogP contribution >= 0.6 is 7.60 Å². The van der Waals surface area contributed by atoms with Gasteiger partial charge in [-0.15, -0.1) is 0 Å². The molecule has 0 amide bonds. The SMILES string of the molecule is CC(=O)OC(c1cnc(C)c2c1OCC(C)(C)O2)P(=O)(OC(C)(C)C)OC(C)(C)C. The maximum atomic E-state index is 14.1. The van der Waals surface area contributed by atoms with Crippen molar-refractivity contribution in [2.45, 2.75) is 91.9 Å². The maximum Gasteiger partial charge on any atom is 0.376 e. The van der Waals surface area contributed by atoms with Gasteiger partial charge in [-0.25, -0.2) is 0 Å². The summed E-state index contributed by atoms with van der Waals surface area (Å²) >= 11 is 0. The summed E-state index contributed by atoms with van der Waals surface area (Å²) < 4.78 is 43.5. The van der Waals surface area contributed by atoms with Crippen molar-refractivity contribution in [2.24, 2.45) is 0 Å². The first-order valence-electron chi connectivity index (χ1n) is 9.92. The number of hydrogen-bond donors (Lipinski definition) is 0. The molecule has 2 heterocycles. The van der Waals surface area contributed by atoms with Crippen molar-refractivity contribution in [1.29, 1.82) is 0 Å². The second kappa shape index (κ2) is 8.13. The van der Waals surface area contributed by atoms with Gasteiger partial charge in [0.25, 0.3) is 0 Å². The van der Waals surface area contributed by atoms with Crippen molar-refractivity contribution in [3.8, 4) is 11.5 Å². The molecule has 0 saturated heterocycles. The molecule has 170 valence electrons. The lowest BCUT2D eigenvalue weighted by Crippen LogP contribution is -2.39. The van der Waals surface area contributed by atoms with Crippen LogP contribution in [-0.4, -0.2) is 34.4 Å². The van der Waals surface area contributed by atoms with Gasteiger partial charge in [0.1, 0.15) is 12.2 Å². The number of fused-ring (bicyclic) bond motifs is 1. The van der Waals surface area contributed by atoms with E-state index in [9.17, 15) is 9.36 Å². The zero-order valence-corrected chi connectivity index (χ0v) is 20.5. The van der Waals surface area contributed by atoms with E-state index in [1.54, 1.807) is 48.5 Å². The number of aromatic nitrogens is 1. The van der Waals surface area contributed by atoms with Gasteiger partial charge in [-0.3, -0.25) is 23.4 Å². The van der Waals surface area contributed by atoms with E-state index in [2.05, 4.69) is 4.98 Å². The minimum atomic E-state index is -4.06. The Bertz CT molecular complexity index is 832. The van der Waals surface area contributed by atoms with Gasteiger partial charge in [0.05, 0.1) is 22.5 Å². The molecule has 0 fully saturated rings. The number of carbonyl (C=O) groups excluding carboxylic acids is 1. The van der Waals surface area contributed by atoms with Crippen molar-refractivity contribution in [3.63, 3.8) is 0 Å². The van der Waals surface area contributed by atoms with Crippen LogP contribution in [0, 0.1) is 6.92 Å². The van der Waals surface area contributed by atoms with E-state index in [0.29, 0.717) is 17.2 Å². The summed E-state index contributed by atoms with van der Waals surface area (Å²) in [6.07, 6.45) is 1.47. The van der Waals surface area contributed by atoms with Crippen molar-refractivity contribution in [2.75, 3.05) is 6.61 Å². The lowest BCUT2D eigenvalue weighted by molar-refractivity contribution is -0.144. The number of esters is 1. The molecule has 1 unspecified atom stereocenters. The Morgan fingerprint density at radius 3 is 2.13 bits per heavy atom. The fourth-order valence-corrected chi connectivity index (χ4v) is 5.47. The highest BCUT2D eigenvalue weighted by atomic mass is 31.2. The first kappa shape index (κ1) is 24.6. The third kappa shape index (κ3) is 6.19. The Balaban J connectivity index is 2.69. The number of hydrogen-bond acceptors (Lipinski definition) is 8. The molecule has 30 heavy (non-hydrogen) atoms. The largest absolute Gasteiger partial charge is 0.485 e. The van der Waals surface area contributed by atoms with Gasteiger partial charge in [-0.05, 0) is 62.3 Å². The second-order valence-corrected chi connectivity index (χ2v) is 11.9. The summed E-state index contributed by atoms with van der Waals surface area (Å²) in [5.74, 6) is -1.27. The van der Waals surface area contributed by atoms with Crippen LogP contribution in [-0.2, 0) is 23.1 Å². The number of nitrogens with zero attached hydrogens (tertiary/aromatic N) is 1. The first-order chi connectivity index (χ1) is 13.4. The van der Waals surface area contributed by atoms with Gasteiger partial charge in [-0.1, -0.05) is 0 Å². The molecular weight excluding hydrogens is 409 g/mol. The normalized spacial score (nSPS) is 17.4. The summed E-state index contributed by atoms with van der Waals surface area (Å²) in [6, 6.07) is 0. The molecule has 1 aliphatic rings. The van der Waals surface area contributed by atoms with Crippen LogP contribution in [0.5, 0.6) is 11.5 Å². The minimum absolute atomic E-state index is 0.258. The molecular formula is C21H34NO7P. The van der Waals surface area contributed by atoms with Crippen LogP contribution in [0.2, 0.25) is 0 Å². The molecule has 1 aromatic heterocycles. The predicted molar refractivity (Wildman–Crippen MR) is 113 cm³/mol. The Morgan fingerprint density at radius 1 is 1.13 bits per heavy atom. The second-order valence-electron chi connectivity index (χ2n) is 10.0. The van der Waals surface area contributed by atoms with Crippen LogP contribution < -0.4 is 9.47 Å². The van der Waals surface area contributed by atoms with Crippen LogP contribution in [0.4, 0.5) is 0 Å².